The van der Waals surface area contributed by atoms with Crippen LogP contribution < -0.4 is 9.47 Å². The lowest BCUT2D eigenvalue weighted by atomic mass is 10.1. The predicted octanol–water partition coefficient (Wildman–Crippen LogP) is 5.57. The Hall–Kier alpha value is -1.62. The van der Waals surface area contributed by atoms with E-state index in [1.165, 1.54) is 0 Å². The van der Waals surface area contributed by atoms with Gasteiger partial charge >= 0.3 is 6.01 Å². The summed E-state index contributed by atoms with van der Waals surface area (Å²) in [6.07, 6.45) is 1.76. The minimum Gasteiger partial charge on any atom is -0.471 e. The lowest BCUT2D eigenvalue weighted by Crippen LogP contribution is -2.26. The van der Waals surface area contributed by atoms with Crippen LogP contribution in [0.15, 0.2) is 28.9 Å². The van der Waals surface area contributed by atoms with Gasteiger partial charge in [0, 0.05) is 10.7 Å². The molecule has 0 fully saturated rings. The first-order valence-electron chi connectivity index (χ1n) is 7.96. The van der Waals surface area contributed by atoms with Crippen molar-refractivity contribution in [2.24, 2.45) is 0 Å². The summed E-state index contributed by atoms with van der Waals surface area (Å²) in [5, 5.41) is 0. The molecule has 24 heavy (non-hydrogen) atoms. The van der Waals surface area contributed by atoms with Crippen molar-refractivity contribution >= 4 is 15.9 Å². The summed E-state index contributed by atoms with van der Waals surface area (Å²) in [5.41, 5.74) is 2.26. The lowest BCUT2D eigenvalue weighted by molar-refractivity contribution is 0.103. The molecule has 0 amide bonds. The first kappa shape index (κ1) is 18.7. The number of halogens is 1. The molecule has 2 aromatic rings. The predicted molar refractivity (Wildman–Crippen MR) is 101 cm³/mol. The molecule has 0 radical (unpaired) electrons. The SMILES string of the molecule is Cc1cc(Br)cc(-c2cnc(OC(C)(C)C)nc2OC(C)(C)C)c1. The van der Waals surface area contributed by atoms with E-state index in [2.05, 4.69) is 45.0 Å². The Morgan fingerprint density at radius 2 is 1.54 bits per heavy atom. The fourth-order valence-electron chi connectivity index (χ4n) is 2.13. The van der Waals surface area contributed by atoms with E-state index in [-0.39, 0.29) is 11.2 Å². The summed E-state index contributed by atoms with van der Waals surface area (Å²) in [7, 11) is 0. The maximum absolute atomic E-state index is 6.08. The fraction of sp³-hybridized carbons (Fsp3) is 0.474. The van der Waals surface area contributed by atoms with E-state index < -0.39 is 0 Å². The first-order chi connectivity index (χ1) is 10.9. The molecule has 0 spiro atoms. The van der Waals surface area contributed by atoms with Crippen LogP contribution in [0, 0.1) is 6.92 Å². The lowest BCUT2D eigenvalue weighted by Gasteiger charge is -2.24. The Bertz CT molecular complexity index is 711. The van der Waals surface area contributed by atoms with Crippen molar-refractivity contribution < 1.29 is 9.47 Å². The molecule has 2 rings (SSSR count). The molecule has 0 aliphatic rings. The standard InChI is InChI=1S/C19H25BrN2O2/c1-12-8-13(10-14(20)9-12)15-11-21-17(24-19(5,6)7)22-16(15)23-18(2,3)4/h8-11H,1-7H3. The molecular weight excluding hydrogens is 368 g/mol. The molecule has 0 aliphatic carbocycles. The quantitative estimate of drug-likeness (QED) is 0.684. The van der Waals surface area contributed by atoms with Crippen LogP contribution in [0.2, 0.25) is 0 Å². The van der Waals surface area contributed by atoms with Crippen molar-refractivity contribution in [3.05, 3.63) is 34.4 Å². The van der Waals surface area contributed by atoms with E-state index in [1.54, 1.807) is 6.20 Å². The highest BCUT2D eigenvalue weighted by Crippen LogP contribution is 2.34. The number of aromatic nitrogens is 2. The Kier molecular flexibility index (Phi) is 5.23. The maximum atomic E-state index is 6.08. The molecule has 4 nitrogen and oxygen atoms in total. The molecule has 0 unspecified atom stereocenters. The number of benzene rings is 1. The van der Waals surface area contributed by atoms with Crippen LogP contribution in [0.4, 0.5) is 0 Å². The van der Waals surface area contributed by atoms with Crippen molar-refractivity contribution in [2.75, 3.05) is 0 Å². The zero-order valence-corrected chi connectivity index (χ0v) is 17.0. The van der Waals surface area contributed by atoms with Crippen molar-refractivity contribution in [1.82, 2.24) is 9.97 Å². The van der Waals surface area contributed by atoms with Gasteiger partial charge in [-0.1, -0.05) is 22.0 Å². The first-order valence-corrected chi connectivity index (χ1v) is 8.75. The van der Waals surface area contributed by atoms with E-state index in [4.69, 9.17) is 9.47 Å². The van der Waals surface area contributed by atoms with Crippen LogP contribution in [-0.4, -0.2) is 21.2 Å². The third kappa shape index (κ3) is 5.48. The Morgan fingerprint density at radius 1 is 0.917 bits per heavy atom. The normalized spacial score (nSPS) is 12.2. The average Bonchev–Trinajstić information content (AvgIpc) is 2.33. The molecule has 0 saturated heterocycles. The van der Waals surface area contributed by atoms with Gasteiger partial charge in [0.25, 0.3) is 0 Å². The second-order valence-electron chi connectivity index (χ2n) is 7.82. The van der Waals surface area contributed by atoms with E-state index in [0.29, 0.717) is 11.9 Å². The molecular formula is C19H25BrN2O2. The van der Waals surface area contributed by atoms with Crippen molar-refractivity contribution in [1.29, 1.82) is 0 Å². The Balaban J connectivity index is 2.53. The number of aryl methyl sites for hydroxylation is 1. The second-order valence-corrected chi connectivity index (χ2v) is 8.73. The van der Waals surface area contributed by atoms with Gasteiger partial charge in [-0.15, -0.1) is 0 Å². The van der Waals surface area contributed by atoms with Crippen molar-refractivity contribution in [3.63, 3.8) is 0 Å². The molecule has 130 valence electrons. The summed E-state index contributed by atoms with van der Waals surface area (Å²) in [4.78, 5) is 8.87. The van der Waals surface area contributed by atoms with E-state index in [0.717, 1.165) is 21.2 Å². The van der Waals surface area contributed by atoms with Crippen LogP contribution >= 0.6 is 15.9 Å². The highest BCUT2D eigenvalue weighted by molar-refractivity contribution is 9.10. The van der Waals surface area contributed by atoms with Crippen LogP contribution in [-0.2, 0) is 0 Å². The molecule has 0 aliphatic heterocycles. The van der Waals surface area contributed by atoms with Gasteiger partial charge < -0.3 is 9.47 Å². The molecule has 1 aromatic heterocycles. The zero-order valence-electron chi connectivity index (χ0n) is 15.4. The molecule has 1 heterocycles. The van der Waals surface area contributed by atoms with Gasteiger partial charge in [-0.25, -0.2) is 4.98 Å². The van der Waals surface area contributed by atoms with Crippen molar-refractivity contribution in [3.8, 4) is 23.0 Å². The number of nitrogens with zero attached hydrogens (tertiary/aromatic N) is 2. The van der Waals surface area contributed by atoms with Gasteiger partial charge in [-0.3, -0.25) is 0 Å². The smallest absolute Gasteiger partial charge is 0.320 e. The van der Waals surface area contributed by atoms with E-state index >= 15 is 0 Å². The monoisotopic (exact) mass is 392 g/mol. The summed E-state index contributed by atoms with van der Waals surface area (Å²) >= 11 is 3.54. The Labute approximate surface area is 152 Å². The number of hydrogen-bond acceptors (Lipinski definition) is 4. The highest BCUT2D eigenvalue weighted by Gasteiger charge is 2.21. The number of ether oxygens (including phenoxy) is 2. The van der Waals surface area contributed by atoms with Crippen molar-refractivity contribution in [2.45, 2.75) is 59.7 Å². The minimum atomic E-state index is -0.372. The van der Waals surface area contributed by atoms with Gasteiger partial charge in [0.1, 0.15) is 11.2 Å². The van der Waals surface area contributed by atoms with Gasteiger partial charge in [0.15, 0.2) is 0 Å². The van der Waals surface area contributed by atoms with Crippen LogP contribution in [0.5, 0.6) is 11.9 Å². The highest BCUT2D eigenvalue weighted by atomic mass is 79.9. The van der Waals surface area contributed by atoms with E-state index in [1.807, 2.05) is 47.6 Å². The van der Waals surface area contributed by atoms with Gasteiger partial charge in [0.05, 0.1) is 5.56 Å². The van der Waals surface area contributed by atoms with Gasteiger partial charge in [-0.05, 0) is 71.7 Å². The molecule has 0 N–H and O–H groups in total. The van der Waals surface area contributed by atoms with Crippen LogP contribution in [0.3, 0.4) is 0 Å². The van der Waals surface area contributed by atoms with E-state index in [9.17, 15) is 0 Å². The molecule has 0 saturated carbocycles. The van der Waals surface area contributed by atoms with Crippen LogP contribution in [0.25, 0.3) is 11.1 Å². The third-order valence-corrected chi connectivity index (χ3v) is 3.34. The topological polar surface area (TPSA) is 44.2 Å². The number of hydrogen-bond donors (Lipinski definition) is 0. The molecule has 0 atom stereocenters. The maximum Gasteiger partial charge on any atom is 0.320 e. The minimum absolute atomic E-state index is 0.317. The molecule has 5 heteroatoms. The van der Waals surface area contributed by atoms with Crippen LogP contribution in [0.1, 0.15) is 47.1 Å². The average molecular weight is 393 g/mol. The molecule has 0 bridgehead atoms. The zero-order chi connectivity index (χ0) is 18.1. The third-order valence-electron chi connectivity index (χ3n) is 2.89. The summed E-state index contributed by atoms with van der Waals surface area (Å²) < 4.78 is 12.9. The summed E-state index contributed by atoms with van der Waals surface area (Å²) in [6.45, 7) is 13.9. The fourth-order valence-corrected chi connectivity index (χ4v) is 2.74. The largest absolute Gasteiger partial charge is 0.471 e. The summed E-state index contributed by atoms with van der Waals surface area (Å²) in [6, 6.07) is 6.50. The second kappa shape index (κ2) is 6.71. The van der Waals surface area contributed by atoms with Gasteiger partial charge in [-0.2, -0.15) is 4.98 Å². The molecule has 1 aromatic carbocycles. The Morgan fingerprint density at radius 3 is 2.08 bits per heavy atom. The summed E-state index contributed by atoms with van der Waals surface area (Å²) in [5.74, 6) is 0.522. The van der Waals surface area contributed by atoms with Gasteiger partial charge in [0.2, 0.25) is 5.88 Å². The number of rotatable bonds is 3.